The van der Waals surface area contributed by atoms with Crippen molar-refractivity contribution in [1.29, 1.82) is 0 Å². The number of nitrogens with one attached hydrogen (secondary N) is 11. The lowest BCUT2D eigenvalue weighted by Gasteiger charge is -2.27. The number of aliphatic hydroxyl groups excluding tert-OH is 3. The number of carboxylic acid groups (broad SMARTS) is 4. The Morgan fingerprint density at radius 2 is 0.587 bits per heavy atom. The number of amides is 15. The minimum atomic E-state index is -2.22. The van der Waals surface area contributed by atoms with Crippen molar-refractivity contribution in [2.24, 2.45) is 34.6 Å². The minimum Gasteiger partial charge on any atom is -0.481 e. The zero-order valence-corrected chi connectivity index (χ0v) is 49.9. The van der Waals surface area contributed by atoms with E-state index in [2.05, 4.69) is 16.0 Å². The number of hydrogen-bond acceptors (Lipinski definition) is 23. The molecule has 0 saturated heterocycles. The van der Waals surface area contributed by atoms with Crippen LogP contribution in [-0.2, 0) is 91.1 Å². The molecule has 0 aromatic carbocycles. The van der Waals surface area contributed by atoms with E-state index in [9.17, 15) is 127 Å². The van der Waals surface area contributed by atoms with Gasteiger partial charge in [0.2, 0.25) is 88.6 Å². The van der Waals surface area contributed by atoms with E-state index >= 15 is 0 Å². The molecular formula is C50H80N16O26. The van der Waals surface area contributed by atoms with E-state index in [1.165, 1.54) is 0 Å². The van der Waals surface area contributed by atoms with Crippen LogP contribution in [0.2, 0.25) is 0 Å². The molecule has 0 aromatic rings. The predicted octanol–water partition coefficient (Wildman–Crippen LogP) is -12.7. The van der Waals surface area contributed by atoms with Crippen LogP contribution in [0.15, 0.2) is 0 Å². The lowest BCUT2D eigenvalue weighted by molar-refractivity contribution is -0.144. The summed E-state index contributed by atoms with van der Waals surface area (Å²) in [7, 11) is 0. The van der Waals surface area contributed by atoms with Gasteiger partial charge in [0.25, 0.3) is 0 Å². The molecule has 0 aliphatic carbocycles. The second-order valence-corrected chi connectivity index (χ2v) is 20.8. The fourth-order valence-corrected chi connectivity index (χ4v) is 7.67. The van der Waals surface area contributed by atoms with E-state index in [1.54, 1.807) is 13.8 Å². The van der Waals surface area contributed by atoms with Gasteiger partial charge >= 0.3 is 23.9 Å². The van der Waals surface area contributed by atoms with Gasteiger partial charge in [0.1, 0.15) is 66.5 Å². The summed E-state index contributed by atoms with van der Waals surface area (Å²) < 4.78 is 0. The molecule has 0 rings (SSSR count). The van der Waals surface area contributed by atoms with E-state index in [1.807, 2.05) is 42.5 Å². The first-order valence-electron chi connectivity index (χ1n) is 27.7. The van der Waals surface area contributed by atoms with Crippen LogP contribution < -0.4 is 87.2 Å². The van der Waals surface area contributed by atoms with Crippen molar-refractivity contribution in [3.8, 4) is 0 Å². The summed E-state index contributed by atoms with van der Waals surface area (Å²) in [6.07, 6.45) is -8.55. The topological polar surface area (TPSA) is 728 Å². The number of hydrogen-bond donors (Lipinski definition) is 23. The van der Waals surface area contributed by atoms with E-state index < -0.39 is 269 Å². The van der Waals surface area contributed by atoms with Crippen LogP contribution in [0.3, 0.4) is 0 Å². The Bertz CT molecular complexity index is 2730. The van der Waals surface area contributed by atoms with E-state index in [0.717, 1.165) is 6.92 Å². The highest BCUT2D eigenvalue weighted by atomic mass is 16.4. The molecule has 0 aliphatic heterocycles. The van der Waals surface area contributed by atoms with E-state index in [-0.39, 0.29) is 19.3 Å². The number of rotatable bonds is 46. The molecule has 92 heavy (non-hydrogen) atoms. The lowest BCUT2D eigenvalue weighted by atomic mass is 10.0. The first-order chi connectivity index (χ1) is 42.8. The summed E-state index contributed by atoms with van der Waals surface area (Å²) in [4.78, 5) is 241. The summed E-state index contributed by atoms with van der Waals surface area (Å²) in [5.74, 6) is -26.1. The second kappa shape index (κ2) is 41.1. The van der Waals surface area contributed by atoms with Crippen molar-refractivity contribution in [3.05, 3.63) is 0 Å². The largest absolute Gasteiger partial charge is 0.481 e. The smallest absolute Gasteiger partial charge is 0.328 e. The van der Waals surface area contributed by atoms with Crippen molar-refractivity contribution in [3.63, 3.8) is 0 Å². The van der Waals surface area contributed by atoms with Crippen molar-refractivity contribution in [1.82, 2.24) is 58.5 Å². The van der Waals surface area contributed by atoms with Crippen LogP contribution in [-0.4, -0.2) is 241 Å². The molecule has 516 valence electrons. The molecule has 0 heterocycles. The molecule has 15 amide bonds. The van der Waals surface area contributed by atoms with Crippen LogP contribution in [0.25, 0.3) is 0 Å². The number of carboxylic acids is 4. The molecule has 0 unspecified atom stereocenters. The molecular weight excluding hydrogens is 1240 g/mol. The van der Waals surface area contributed by atoms with Gasteiger partial charge in [-0.3, -0.25) is 86.3 Å². The fraction of sp³-hybridized carbons (Fsp3) is 0.620. The zero-order chi connectivity index (χ0) is 70.9. The summed E-state index contributed by atoms with van der Waals surface area (Å²) in [5.41, 5.74) is 26.6. The Hall–Kier alpha value is -10.2. The number of nitrogens with two attached hydrogens (primary N) is 5. The van der Waals surface area contributed by atoms with Gasteiger partial charge in [0, 0.05) is 25.7 Å². The molecule has 28 N–H and O–H groups in total. The minimum absolute atomic E-state index is 0.244. The molecule has 0 aliphatic rings. The Morgan fingerprint density at radius 3 is 0.935 bits per heavy atom. The third-order valence-electron chi connectivity index (χ3n) is 12.5. The maximum atomic E-state index is 13.7. The van der Waals surface area contributed by atoms with Gasteiger partial charge in [-0.25, -0.2) is 4.79 Å². The summed E-state index contributed by atoms with van der Waals surface area (Å²) in [5, 5.41) is 89.7. The van der Waals surface area contributed by atoms with Crippen molar-refractivity contribution < 1.29 is 127 Å². The molecule has 0 radical (unpaired) electrons. The average Bonchev–Trinajstić information content (AvgIpc) is 1.22. The van der Waals surface area contributed by atoms with Crippen molar-refractivity contribution >= 4 is 112 Å². The maximum Gasteiger partial charge on any atom is 0.328 e. The van der Waals surface area contributed by atoms with Crippen LogP contribution in [0.4, 0.5) is 0 Å². The first-order valence-corrected chi connectivity index (χ1v) is 27.7. The Kier molecular flexibility index (Phi) is 36.6. The highest BCUT2D eigenvalue weighted by Crippen LogP contribution is 2.11. The molecule has 0 spiro atoms. The summed E-state index contributed by atoms with van der Waals surface area (Å²) >= 11 is 0. The normalized spacial score (nSPS) is 14.8. The predicted molar refractivity (Wildman–Crippen MR) is 304 cm³/mol. The van der Waals surface area contributed by atoms with Crippen LogP contribution >= 0.6 is 0 Å². The highest BCUT2D eigenvalue weighted by Gasteiger charge is 2.38. The number of carbonyl (C=O) groups excluding carboxylic acids is 15. The van der Waals surface area contributed by atoms with Gasteiger partial charge in [-0.05, 0) is 44.9 Å². The monoisotopic (exact) mass is 1320 g/mol. The molecule has 0 aromatic heterocycles. The number of aliphatic hydroxyl groups is 3. The SMILES string of the molecule is CC(C)C[C@H](NC(=O)[C@H](CC(N)=O)NC(=O)[C@H](CO)NC(=O)[C@H](C)NC(=O)[C@H](CC(=O)O)NC(=O)[C@H](CCC(=O)O)NC(=O)[C@H](CC(N)=O)NC(=O)[C@H](CO)NC(=O)[C@H](CCC(N)=O)NC(=O)[C@@H](N)CCC(N)=O)C(=O)N[C@@H](CCC(=O)O)C(=O)N[C@@H](CO)C(=O)O. The van der Waals surface area contributed by atoms with Crippen LogP contribution in [0.5, 0.6) is 0 Å². The average molecular weight is 1320 g/mol. The standard InChI is InChI=1S/C50H80N16O26/c1-19(2)12-25(45(86)58-24(7-11-37(76)77)43(84)66-31(18-69)50(91)92)60-47(88)27(14-35(55)73)62-48(89)29(16-67)64-39(80)20(3)56-44(85)28(15-38(78)79)63-41(82)23(6-10-36(74)75)59-46(87)26(13-34(54)72)61-49(90)30(17-68)65-42(83)22(5-9-33(53)71)57-40(81)21(51)4-8-32(52)70/h19-31,67-69H,4-18,51H2,1-3H3,(H2,52,70)(H2,53,71)(H2,54,72)(H2,55,73)(H,56,85)(H,57,81)(H,58,86)(H,59,87)(H,60,88)(H,61,90)(H,62,89)(H,63,82)(H,64,80)(H,65,83)(H,66,84)(H,74,75)(H,76,77)(H,78,79)(H,91,92)/t20-,21-,22-,23-,24-,25-,26-,27-,28-,29-,30-,31-/m0/s1. The van der Waals surface area contributed by atoms with Gasteiger partial charge in [0.15, 0.2) is 0 Å². The first kappa shape index (κ1) is 81.8. The quantitative estimate of drug-likeness (QED) is 0.0269. The lowest BCUT2D eigenvalue weighted by Crippen LogP contribution is -2.61. The molecule has 0 fully saturated rings. The number of primary amides is 4. The van der Waals surface area contributed by atoms with Gasteiger partial charge in [-0.2, -0.15) is 0 Å². The molecule has 42 heteroatoms. The fourth-order valence-electron chi connectivity index (χ4n) is 7.67. The molecule has 0 bridgehead atoms. The number of carbonyl (C=O) groups is 19. The maximum absolute atomic E-state index is 13.7. The second-order valence-electron chi connectivity index (χ2n) is 20.8. The third-order valence-corrected chi connectivity index (χ3v) is 12.5. The Morgan fingerprint density at radius 1 is 0.304 bits per heavy atom. The zero-order valence-electron chi connectivity index (χ0n) is 49.9. The van der Waals surface area contributed by atoms with Crippen molar-refractivity contribution in [2.75, 3.05) is 19.8 Å². The van der Waals surface area contributed by atoms with Crippen LogP contribution in [0.1, 0.15) is 97.8 Å². The molecule has 42 nitrogen and oxygen atoms in total. The number of aliphatic carboxylic acids is 4. The van der Waals surface area contributed by atoms with Gasteiger partial charge in [-0.1, -0.05) is 13.8 Å². The summed E-state index contributed by atoms with van der Waals surface area (Å²) in [6, 6.07) is -22.8. The van der Waals surface area contributed by atoms with Gasteiger partial charge in [0.05, 0.1) is 45.1 Å². The van der Waals surface area contributed by atoms with Crippen LogP contribution in [0, 0.1) is 5.92 Å². The highest BCUT2D eigenvalue weighted by molar-refractivity contribution is 6.01. The summed E-state index contributed by atoms with van der Waals surface area (Å²) in [6.45, 7) is 0.401. The Balaban J connectivity index is 6.57. The molecule has 0 saturated carbocycles. The van der Waals surface area contributed by atoms with E-state index in [0.29, 0.717) is 0 Å². The van der Waals surface area contributed by atoms with Crippen molar-refractivity contribution in [2.45, 2.75) is 170 Å². The molecule has 12 atom stereocenters. The van der Waals surface area contributed by atoms with Gasteiger partial charge in [-0.15, -0.1) is 0 Å². The Labute approximate surface area is 521 Å². The van der Waals surface area contributed by atoms with E-state index in [4.69, 9.17) is 28.7 Å². The third kappa shape index (κ3) is 32.3. The van der Waals surface area contributed by atoms with Gasteiger partial charge < -0.3 is 123 Å².